The first-order chi connectivity index (χ1) is 34.8. The van der Waals surface area contributed by atoms with Crippen LogP contribution in [0.25, 0.3) is 20.9 Å². The number of azide groups is 2. The number of nitrogens with two attached hydrogens (primary N) is 2. The number of unbranched alkanes of at least 4 members (excludes halogenated alkanes) is 2. The summed E-state index contributed by atoms with van der Waals surface area (Å²) in [4.78, 5) is 35.4. The number of hydrogen-bond acceptors (Lipinski definition) is 10. The van der Waals surface area contributed by atoms with Crippen LogP contribution in [0.2, 0.25) is 5.04 Å². The van der Waals surface area contributed by atoms with Crippen molar-refractivity contribution >= 4 is 30.9 Å². The second kappa shape index (κ2) is 26.4. The number of aliphatic hydroxyl groups excluding tert-OH is 1. The molecule has 5 N–H and O–H groups in total. The van der Waals surface area contributed by atoms with Crippen LogP contribution in [-0.4, -0.2) is 109 Å². The SMILES string of the molecule is CC[C@@H](O)[C@@]1(C)OC(=O)N(CCCCN=[N+]=[N-])[C@@H]1[C@H](N)Cc1cccc(C)c1.CC[C@@H](O[Si](c1ccccc1)(c1ccccc1)C(C)(C)C)[C@@]1(C)OC(=O)N(CCCCN=[N+]=[N-])[C@@H]1[C@H](N)Cc1cccc(C)c1. The first-order valence-corrected chi connectivity index (χ1v) is 27.8. The minimum Gasteiger partial charge on any atom is -0.438 e. The average Bonchev–Trinajstić information content (AvgIpc) is 3.78. The number of carbonyl (C=O) groups excluding carboxylic acids is 2. The highest BCUT2D eigenvalue weighted by molar-refractivity contribution is 6.99. The van der Waals surface area contributed by atoms with E-state index in [1.54, 1.807) is 16.7 Å². The van der Waals surface area contributed by atoms with Gasteiger partial charge in [0, 0.05) is 48.1 Å². The van der Waals surface area contributed by atoms with E-state index in [1.807, 2.05) is 57.2 Å². The Kier molecular flexibility index (Phi) is 20.9. The number of amides is 2. The molecular weight excluding hydrogens is 937 g/mol. The molecule has 2 aliphatic heterocycles. The van der Waals surface area contributed by atoms with Crippen molar-refractivity contribution < 1.29 is 28.6 Å². The minimum absolute atomic E-state index is 0.248. The third kappa shape index (κ3) is 13.8. The molecule has 0 aromatic heterocycles. The van der Waals surface area contributed by atoms with E-state index in [0.717, 1.165) is 22.3 Å². The summed E-state index contributed by atoms with van der Waals surface area (Å²) in [5.41, 5.74) is 33.2. The molecule has 2 aliphatic rings. The first kappa shape index (κ1) is 58.0. The Balaban J connectivity index is 0.000000303. The molecule has 0 aliphatic carbocycles. The second-order valence-corrected chi connectivity index (χ2v) is 25.3. The van der Waals surface area contributed by atoms with Gasteiger partial charge >= 0.3 is 12.2 Å². The zero-order valence-corrected chi connectivity index (χ0v) is 45.6. The third-order valence-corrected chi connectivity index (χ3v) is 19.6. The fourth-order valence-electron chi connectivity index (χ4n) is 11.1. The molecule has 6 rings (SSSR count). The van der Waals surface area contributed by atoms with Crippen molar-refractivity contribution in [3.05, 3.63) is 152 Å². The van der Waals surface area contributed by atoms with Crippen molar-refractivity contribution in [3.63, 3.8) is 0 Å². The van der Waals surface area contributed by atoms with E-state index in [0.29, 0.717) is 77.5 Å². The Morgan fingerprint density at radius 3 is 1.49 bits per heavy atom. The van der Waals surface area contributed by atoms with Gasteiger partial charge in [-0.05, 0) is 117 Å². The van der Waals surface area contributed by atoms with Crippen LogP contribution in [0.4, 0.5) is 9.59 Å². The topological polar surface area (TPSA) is 238 Å². The molecular formula is C56H80N10O6Si. The summed E-state index contributed by atoms with van der Waals surface area (Å²) in [6, 6.07) is 35.9. The van der Waals surface area contributed by atoms with Gasteiger partial charge in [-0.2, -0.15) is 0 Å². The van der Waals surface area contributed by atoms with E-state index >= 15 is 0 Å². The van der Waals surface area contributed by atoms with Crippen LogP contribution >= 0.6 is 0 Å². The lowest BCUT2D eigenvalue weighted by Gasteiger charge is -2.49. The van der Waals surface area contributed by atoms with Gasteiger partial charge in [-0.1, -0.05) is 165 Å². The predicted octanol–water partition coefficient (Wildman–Crippen LogP) is 10.2. The second-order valence-electron chi connectivity index (χ2n) is 21.0. The third-order valence-electron chi connectivity index (χ3n) is 14.6. The molecule has 73 heavy (non-hydrogen) atoms. The molecule has 2 fully saturated rings. The van der Waals surface area contributed by atoms with Gasteiger partial charge in [0.2, 0.25) is 0 Å². The summed E-state index contributed by atoms with van der Waals surface area (Å²) < 4.78 is 19.7. The maximum Gasteiger partial charge on any atom is 0.410 e. The Morgan fingerprint density at radius 1 is 0.685 bits per heavy atom. The number of carbonyl (C=O) groups is 2. The molecule has 4 aromatic carbocycles. The van der Waals surface area contributed by atoms with Crippen LogP contribution in [0.15, 0.2) is 119 Å². The van der Waals surface area contributed by atoms with Crippen LogP contribution in [0.1, 0.15) is 109 Å². The van der Waals surface area contributed by atoms with E-state index in [9.17, 15) is 14.7 Å². The van der Waals surface area contributed by atoms with Gasteiger partial charge in [-0.3, -0.25) is 9.80 Å². The van der Waals surface area contributed by atoms with Crippen LogP contribution in [0.3, 0.4) is 0 Å². The summed E-state index contributed by atoms with van der Waals surface area (Å²) in [7, 11) is -2.98. The van der Waals surface area contributed by atoms with Gasteiger partial charge in [0.25, 0.3) is 8.32 Å². The molecule has 2 heterocycles. The standard InChI is InChI=1S/C36H49N5O3Si.C20H31N5O3/c1-7-32(44-45(35(3,4)5,29-19-10-8-11-20-29)30-21-12-9-13-22-30)36(6)33(31(37)26-28-18-16-17-27(2)25-28)41(34(42)43-36)24-15-14-23-39-40-38;1-4-17(26)20(3)18(16(21)13-15-9-7-8-14(2)12-15)25(19(27)28-20)11-6-5-10-23-24-22/h8-13,16-22,25,31-33H,7,14-15,23-24,26,37H2,1-6H3;7-9,12,16-18,26H,4-6,10-11,13,21H2,1-3H3/t31-,32-,33-,36-;16-,17-,18-,20-/m11/s1. The minimum atomic E-state index is -2.98. The number of aryl methyl sites for hydroxylation is 2. The summed E-state index contributed by atoms with van der Waals surface area (Å²) >= 11 is 0. The lowest BCUT2D eigenvalue weighted by Crippen LogP contribution is -2.71. The largest absolute Gasteiger partial charge is 0.438 e. The average molecular weight is 1020 g/mol. The first-order valence-electron chi connectivity index (χ1n) is 25.9. The number of aliphatic hydroxyl groups is 1. The number of benzene rings is 4. The summed E-state index contributed by atoms with van der Waals surface area (Å²) in [5, 5.41) is 19.9. The number of nitrogens with zero attached hydrogens (tertiary/aromatic N) is 8. The van der Waals surface area contributed by atoms with Gasteiger partial charge in [-0.15, -0.1) is 0 Å². The summed E-state index contributed by atoms with van der Waals surface area (Å²) in [5.74, 6) is 0. The quantitative estimate of drug-likeness (QED) is 0.0200. The fraction of sp³-hybridized carbons (Fsp3) is 0.536. The predicted molar refractivity (Wildman–Crippen MR) is 292 cm³/mol. The Bertz CT molecular complexity index is 2460. The van der Waals surface area contributed by atoms with Crippen LogP contribution in [0.5, 0.6) is 0 Å². The fourth-order valence-corrected chi connectivity index (χ4v) is 16.0. The van der Waals surface area contributed by atoms with Crippen LogP contribution in [-0.2, 0) is 26.7 Å². The molecule has 8 atom stereocenters. The molecule has 0 spiro atoms. The zero-order valence-electron chi connectivity index (χ0n) is 44.6. The molecule has 2 saturated heterocycles. The lowest BCUT2D eigenvalue weighted by molar-refractivity contribution is -0.0655. The van der Waals surface area contributed by atoms with Gasteiger partial charge in [0.15, 0.2) is 11.2 Å². The van der Waals surface area contributed by atoms with E-state index in [4.69, 9.17) is 36.4 Å². The van der Waals surface area contributed by atoms with Crippen molar-refractivity contribution in [1.82, 2.24) is 9.80 Å². The van der Waals surface area contributed by atoms with Crippen molar-refractivity contribution in [2.75, 3.05) is 26.2 Å². The van der Waals surface area contributed by atoms with Crippen LogP contribution in [0, 0.1) is 13.8 Å². The molecule has 16 nitrogen and oxygen atoms in total. The van der Waals surface area contributed by atoms with E-state index in [-0.39, 0.29) is 11.1 Å². The number of cyclic esters (lactones) is 2. The van der Waals surface area contributed by atoms with Crippen molar-refractivity contribution in [2.45, 2.75) is 166 Å². The van der Waals surface area contributed by atoms with Gasteiger partial charge in [0.05, 0.1) is 24.3 Å². The summed E-state index contributed by atoms with van der Waals surface area (Å²) in [6.07, 6.45) is 2.85. The number of ether oxygens (including phenoxy) is 2. The number of rotatable bonds is 24. The van der Waals surface area contributed by atoms with Crippen LogP contribution < -0.4 is 21.8 Å². The summed E-state index contributed by atoms with van der Waals surface area (Å²) in [6.45, 7) is 20.3. The molecule has 394 valence electrons. The Hall–Kier alpha value is -5.90. The smallest absolute Gasteiger partial charge is 0.410 e. The lowest BCUT2D eigenvalue weighted by atomic mass is 9.82. The number of hydrogen-bond donors (Lipinski definition) is 3. The van der Waals surface area contributed by atoms with Gasteiger partial charge in [0.1, 0.15) is 0 Å². The molecule has 0 bridgehead atoms. The molecule has 0 unspecified atom stereocenters. The van der Waals surface area contributed by atoms with E-state index < -0.39 is 62.0 Å². The monoisotopic (exact) mass is 1020 g/mol. The highest BCUT2D eigenvalue weighted by Crippen LogP contribution is 2.44. The normalized spacial score (nSPS) is 21.4. The molecule has 17 heteroatoms. The van der Waals surface area contributed by atoms with Crippen molar-refractivity contribution in [2.24, 2.45) is 21.7 Å². The Labute approximate surface area is 434 Å². The maximum atomic E-state index is 13.8. The highest BCUT2D eigenvalue weighted by Gasteiger charge is 2.61. The van der Waals surface area contributed by atoms with Gasteiger partial charge in [-0.25, -0.2) is 9.59 Å². The zero-order chi connectivity index (χ0) is 53.4. The van der Waals surface area contributed by atoms with E-state index in [1.165, 1.54) is 10.4 Å². The molecule has 2 amide bonds. The van der Waals surface area contributed by atoms with Gasteiger partial charge < -0.3 is 30.5 Å². The molecule has 0 saturated carbocycles. The maximum absolute atomic E-state index is 13.8. The highest BCUT2D eigenvalue weighted by atomic mass is 28.4. The van der Waals surface area contributed by atoms with Crippen molar-refractivity contribution in [1.29, 1.82) is 0 Å². The molecule has 0 radical (unpaired) electrons. The van der Waals surface area contributed by atoms with Crippen molar-refractivity contribution in [3.8, 4) is 0 Å². The van der Waals surface area contributed by atoms with E-state index in [2.05, 4.69) is 127 Å². The molecule has 4 aromatic rings. The Morgan fingerprint density at radius 2 is 1.11 bits per heavy atom.